The van der Waals surface area contributed by atoms with E-state index in [9.17, 15) is 23.1 Å². The van der Waals surface area contributed by atoms with Crippen LogP contribution in [-0.4, -0.2) is 41.5 Å². The summed E-state index contributed by atoms with van der Waals surface area (Å²) in [6.07, 6.45) is -1.08. The zero-order chi connectivity index (χ0) is 17.7. The van der Waals surface area contributed by atoms with Gasteiger partial charge in [-0.05, 0) is 31.9 Å². The Morgan fingerprint density at radius 1 is 1.42 bits per heavy atom. The van der Waals surface area contributed by atoms with E-state index in [4.69, 9.17) is 0 Å². The third kappa shape index (κ3) is 5.26. The normalized spacial score (nSPS) is 20.2. The maximum Gasteiger partial charge on any atom is 0.573 e. The number of amides is 1. The molecule has 0 saturated carbocycles. The van der Waals surface area contributed by atoms with Crippen LogP contribution in [0.5, 0.6) is 5.75 Å². The van der Waals surface area contributed by atoms with E-state index in [2.05, 4.69) is 4.74 Å². The number of nitrogens with zero attached hydrogens (tertiary/aromatic N) is 1. The molecule has 1 aromatic rings. The van der Waals surface area contributed by atoms with Crippen molar-refractivity contribution >= 4 is 12.0 Å². The number of benzene rings is 1. The number of alkyl halides is 3. The van der Waals surface area contributed by atoms with E-state index in [1.165, 1.54) is 30.4 Å². The topological polar surface area (TPSA) is 49.8 Å². The summed E-state index contributed by atoms with van der Waals surface area (Å²) in [7, 11) is 0. The second kappa shape index (κ2) is 7.70. The van der Waals surface area contributed by atoms with Crippen LogP contribution in [0.25, 0.3) is 6.08 Å². The van der Waals surface area contributed by atoms with Gasteiger partial charge in [-0.3, -0.25) is 4.79 Å². The number of ether oxygens (including phenoxy) is 1. The van der Waals surface area contributed by atoms with Gasteiger partial charge in [0.1, 0.15) is 5.75 Å². The monoisotopic (exact) mass is 343 g/mol. The molecule has 1 N–H and O–H groups in total. The molecule has 0 bridgehead atoms. The van der Waals surface area contributed by atoms with Gasteiger partial charge >= 0.3 is 6.36 Å². The van der Waals surface area contributed by atoms with Gasteiger partial charge in [0.05, 0.1) is 6.10 Å². The maximum atomic E-state index is 12.4. The van der Waals surface area contributed by atoms with Crippen LogP contribution in [-0.2, 0) is 4.79 Å². The van der Waals surface area contributed by atoms with Crippen molar-refractivity contribution < 1.29 is 27.8 Å². The molecule has 4 nitrogen and oxygen atoms in total. The minimum absolute atomic E-state index is 0.0250. The van der Waals surface area contributed by atoms with Crippen LogP contribution in [0.3, 0.4) is 0 Å². The number of para-hydroxylation sites is 1. The molecule has 1 heterocycles. The number of carbonyl (C=O) groups excluding carboxylic acids is 1. The van der Waals surface area contributed by atoms with Crippen molar-refractivity contribution in [3.05, 3.63) is 35.9 Å². The van der Waals surface area contributed by atoms with Crippen molar-refractivity contribution in [2.24, 2.45) is 5.92 Å². The van der Waals surface area contributed by atoms with Gasteiger partial charge in [-0.15, -0.1) is 13.2 Å². The van der Waals surface area contributed by atoms with E-state index in [0.717, 1.165) is 12.8 Å². The van der Waals surface area contributed by atoms with E-state index in [1.54, 1.807) is 17.9 Å². The first-order valence-corrected chi connectivity index (χ1v) is 7.76. The van der Waals surface area contributed by atoms with Crippen molar-refractivity contribution in [1.82, 2.24) is 4.90 Å². The molecular formula is C17H20F3NO3. The highest BCUT2D eigenvalue weighted by Gasteiger charge is 2.31. The Kier molecular flexibility index (Phi) is 5.88. The van der Waals surface area contributed by atoms with Crippen molar-refractivity contribution in [2.45, 2.75) is 32.2 Å². The van der Waals surface area contributed by atoms with Crippen LogP contribution in [0.2, 0.25) is 0 Å². The Hall–Kier alpha value is -2.02. The molecule has 0 aliphatic carbocycles. The summed E-state index contributed by atoms with van der Waals surface area (Å²) in [4.78, 5) is 13.8. The Morgan fingerprint density at radius 3 is 2.79 bits per heavy atom. The van der Waals surface area contributed by atoms with Crippen molar-refractivity contribution in [1.29, 1.82) is 0 Å². The molecule has 2 unspecified atom stereocenters. The summed E-state index contributed by atoms with van der Waals surface area (Å²) in [6.45, 7) is 2.72. The molecule has 0 radical (unpaired) electrons. The summed E-state index contributed by atoms with van der Waals surface area (Å²) in [6, 6.07) is 5.64. The fraction of sp³-hybridized carbons (Fsp3) is 0.471. The van der Waals surface area contributed by atoms with Crippen LogP contribution in [0, 0.1) is 5.92 Å². The standard InChI is InChI=1S/C17H20F3NO3/c1-12(22)14-6-4-10-21(11-14)16(23)9-8-13-5-2-3-7-15(13)24-17(18,19)20/h2-3,5,7-9,12,14,22H,4,6,10-11H2,1H3/b9-8+. The number of rotatable bonds is 4. The molecule has 1 aliphatic heterocycles. The third-order valence-electron chi connectivity index (χ3n) is 4.00. The first kappa shape index (κ1) is 18.3. The lowest BCUT2D eigenvalue weighted by Crippen LogP contribution is -2.42. The number of halogens is 3. The van der Waals surface area contributed by atoms with Gasteiger partial charge in [-0.25, -0.2) is 0 Å². The second-order valence-electron chi connectivity index (χ2n) is 5.85. The molecule has 0 aromatic heterocycles. The lowest BCUT2D eigenvalue weighted by molar-refractivity contribution is -0.274. The van der Waals surface area contributed by atoms with Crippen LogP contribution in [0.4, 0.5) is 13.2 Å². The molecule has 24 heavy (non-hydrogen) atoms. The fourth-order valence-corrected chi connectivity index (χ4v) is 2.71. The lowest BCUT2D eigenvalue weighted by atomic mass is 9.93. The summed E-state index contributed by atoms with van der Waals surface area (Å²) in [5.41, 5.74) is 0.173. The molecule has 1 saturated heterocycles. The minimum Gasteiger partial charge on any atom is -0.405 e. The number of piperidine rings is 1. The Balaban J connectivity index is 2.06. The second-order valence-corrected chi connectivity index (χ2v) is 5.85. The molecule has 7 heteroatoms. The van der Waals surface area contributed by atoms with E-state index >= 15 is 0 Å². The highest BCUT2D eigenvalue weighted by Crippen LogP contribution is 2.27. The van der Waals surface area contributed by atoms with Gasteiger partial charge in [0, 0.05) is 30.6 Å². The molecule has 1 aromatic carbocycles. The molecule has 1 amide bonds. The van der Waals surface area contributed by atoms with Gasteiger partial charge in [-0.2, -0.15) is 0 Å². The van der Waals surface area contributed by atoms with Crippen LogP contribution >= 0.6 is 0 Å². The minimum atomic E-state index is -4.79. The number of hydrogen-bond donors (Lipinski definition) is 1. The van der Waals surface area contributed by atoms with E-state index in [1.807, 2.05) is 0 Å². The van der Waals surface area contributed by atoms with Gasteiger partial charge in [0.25, 0.3) is 0 Å². The van der Waals surface area contributed by atoms with Gasteiger partial charge in [0.15, 0.2) is 0 Å². The highest BCUT2D eigenvalue weighted by atomic mass is 19.4. The quantitative estimate of drug-likeness (QED) is 0.854. The summed E-state index contributed by atoms with van der Waals surface area (Å²) in [5.74, 6) is -0.617. The molecule has 1 aliphatic rings. The largest absolute Gasteiger partial charge is 0.573 e. The molecule has 2 rings (SSSR count). The number of likely N-dealkylation sites (tertiary alicyclic amines) is 1. The zero-order valence-corrected chi connectivity index (χ0v) is 13.3. The molecule has 2 atom stereocenters. The SMILES string of the molecule is CC(O)C1CCCN(C(=O)/C=C/c2ccccc2OC(F)(F)F)C1. The Morgan fingerprint density at radius 2 is 2.12 bits per heavy atom. The first-order chi connectivity index (χ1) is 11.3. The van der Waals surface area contributed by atoms with Gasteiger partial charge in [0.2, 0.25) is 5.91 Å². The number of hydrogen-bond acceptors (Lipinski definition) is 3. The van der Waals surface area contributed by atoms with Gasteiger partial charge < -0.3 is 14.7 Å². The van der Waals surface area contributed by atoms with Crippen LogP contribution in [0.1, 0.15) is 25.3 Å². The average Bonchev–Trinajstić information content (AvgIpc) is 2.52. The van der Waals surface area contributed by atoms with Gasteiger partial charge in [-0.1, -0.05) is 18.2 Å². The van der Waals surface area contributed by atoms with E-state index < -0.39 is 12.5 Å². The smallest absolute Gasteiger partial charge is 0.405 e. The predicted octanol–water partition coefficient (Wildman–Crippen LogP) is 3.22. The Bertz CT molecular complexity index is 599. The summed E-state index contributed by atoms with van der Waals surface area (Å²) < 4.78 is 41.1. The summed E-state index contributed by atoms with van der Waals surface area (Å²) in [5, 5.41) is 9.65. The van der Waals surface area contributed by atoms with E-state index in [-0.39, 0.29) is 23.1 Å². The number of aliphatic hydroxyl groups is 1. The summed E-state index contributed by atoms with van der Waals surface area (Å²) >= 11 is 0. The van der Waals surface area contributed by atoms with Crippen molar-refractivity contribution in [2.75, 3.05) is 13.1 Å². The molecule has 132 valence electrons. The third-order valence-corrected chi connectivity index (χ3v) is 4.00. The van der Waals surface area contributed by atoms with Crippen LogP contribution < -0.4 is 4.74 Å². The zero-order valence-electron chi connectivity index (χ0n) is 13.3. The predicted molar refractivity (Wildman–Crippen MR) is 83.1 cm³/mol. The van der Waals surface area contributed by atoms with Crippen LogP contribution in [0.15, 0.2) is 30.3 Å². The molecule has 0 spiro atoms. The highest BCUT2D eigenvalue weighted by molar-refractivity contribution is 5.92. The Labute approximate surface area is 138 Å². The fourth-order valence-electron chi connectivity index (χ4n) is 2.71. The number of carbonyl (C=O) groups is 1. The van der Waals surface area contributed by atoms with E-state index in [0.29, 0.717) is 13.1 Å². The lowest BCUT2D eigenvalue weighted by Gasteiger charge is -2.33. The molecular weight excluding hydrogens is 323 g/mol. The average molecular weight is 343 g/mol. The maximum absolute atomic E-state index is 12.4. The van der Waals surface area contributed by atoms with Crippen molar-refractivity contribution in [3.8, 4) is 5.75 Å². The van der Waals surface area contributed by atoms with Crippen molar-refractivity contribution in [3.63, 3.8) is 0 Å². The number of aliphatic hydroxyl groups excluding tert-OH is 1. The first-order valence-electron chi connectivity index (χ1n) is 7.76. The molecule has 1 fully saturated rings.